The number of carboxylic acid groups (broad SMARTS) is 1. The van der Waals surface area contributed by atoms with E-state index in [1.165, 1.54) is 13.2 Å². The third-order valence-corrected chi connectivity index (χ3v) is 5.05. The number of carbonyl (C=O) groups is 1. The van der Waals surface area contributed by atoms with Crippen LogP contribution in [0.4, 0.5) is 5.69 Å². The number of carboxylic acids is 1. The van der Waals surface area contributed by atoms with E-state index in [0.717, 1.165) is 0 Å². The SMILES string of the molecule is COc1ccc2c(c1)N(CC(=O)O)C(C)CS2(=O)=O. The van der Waals surface area contributed by atoms with Crippen molar-refractivity contribution >= 4 is 21.5 Å². The van der Waals surface area contributed by atoms with Crippen LogP contribution in [0.3, 0.4) is 0 Å². The molecule has 1 aromatic carbocycles. The van der Waals surface area contributed by atoms with E-state index in [2.05, 4.69) is 0 Å². The molecule has 19 heavy (non-hydrogen) atoms. The number of ether oxygens (including phenoxy) is 1. The summed E-state index contributed by atoms with van der Waals surface area (Å²) < 4.78 is 29.3. The standard InChI is InChI=1S/C12H15NO5S/c1-8-7-19(16,17)11-4-3-9(18-2)5-10(11)13(8)6-12(14)15/h3-5,8H,6-7H2,1-2H3,(H,14,15). The summed E-state index contributed by atoms with van der Waals surface area (Å²) in [5.74, 6) is -0.585. The third kappa shape index (κ3) is 2.51. The van der Waals surface area contributed by atoms with Gasteiger partial charge in [0.05, 0.1) is 23.4 Å². The number of rotatable bonds is 3. The van der Waals surface area contributed by atoms with Crippen molar-refractivity contribution in [2.75, 3.05) is 24.3 Å². The van der Waals surface area contributed by atoms with Crippen molar-refractivity contribution in [3.8, 4) is 5.75 Å². The van der Waals surface area contributed by atoms with E-state index in [1.54, 1.807) is 24.0 Å². The maximum absolute atomic E-state index is 12.1. The zero-order chi connectivity index (χ0) is 14.2. The van der Waals surface area contributed by atoms with Gasteiger partial charge < -0.3 is 14.7 Å². The average molecular weight is 285 g/mol. The number of fused-ring (bicyclic) bond motifs is 1. The van der Waals surface area contributed by atoms with Crippen molar-refractivity contribution < 1.29 is 23.1 Å². The number of hydrogen-bond acceptors (Lipinski definition) is 5. The van der Waals surface area contributed by atoms with Crippen molar-refractivity contribution in [3.05, 3.63) is 18.2 Å². The first-order chi connectivity index (χ1) is 8.85. The highest BCUT2D eigenvalue weighted by molar-refractivity contribution is 7.91. The molecule has 1 aliphatic heterocycles. The molecule has 0 radical (unpaired) electrons. The maximum atomic E-state index is 12.1. The molecule has 1 atom stereocenters. The Morgan fingerprint density at radius 2 is 2.21 bits per heavy atom. The Kier molecular flexibility index (Phi) is 3.40. The molecule has 0 bridgehead atoms. The molecule has 0 spiro atoms. The summed E-state index contributed by atoms with van der Waals surface area (Å²) in [7, 11) is -1.90. The monoisotopic (exact) mass is 285 g/mol. The van der Waals surface area contributed by atoms with Crippen molar-refractivity contribution in [1.82, 2.24) is 0 Å². The van der Waals surface area contributed by atoms with Crippen LogP contribution in [0.5, 0.6) is 5.75 Å². The highest BCUT2D eigenvalue weighted by Crippen LogP contribution is 2.35. The second-order valence-corrected chi connectivity index (χ2v) is 6.49. The van der Waals surface area contributed by atoms with Gasteiger partial charge in [-0.25, -0.2) is 8.42 Å². The van der Waals surface area contributed by atoms with Gasteiger partial charge in [-0.3, -0.25) is 4.79 Å². The average Bonchev–Trinajstić information content (AvgIpc) is 2.33. The van der Waals surface area contributed by atoms with Gasteiger partial charge in [0.1, 0.15) is 12.3 Å². The minimum atomic E-state index is -3.38. The van der Waals surface area contributed by atoms with Gasteiger partial charge in [0.2, 0.25) is 0 Å². The number of sulfone groups is 1. The van der Waals surface area contributed by atoms with Gasteiger partial charge in [0.25, 0.3) is 0 Å². The number of methoxy groups -OCH3 is 1. The molecule has 104 valence electrons. The first-order valence-corrected chi connectivity index (χ1v) is 7.39. The molecule has 1 aliphatic rings. The zero-order valence-electron chi connectivity index (χ0n) is 10.7. The summed E-state index contributed by atoms with van der Waals surface area (Å²) in [4.78, 5) is 12.6. The molecule has 0 aromatic heterocycles. The van der Waals surface area contributed by atoms with Crippen molar-refractivity contribution in [2.24, 2.45) is 0 Å². The lowest BCUT2D eigenvalue weighted by atomic mass is 10.2. The van der Waals surface area contributed by atoms with Gasteiger partial charge in [-0.1, -0.05) is 0 Å². The number of hydrogen-bond donors (Lipinski definition) is 1. The molecule has 2 rings (SSSR count). The first-order valence-electron chi connectivity index (χ1n) is 5.74. The Balaban J connectivity index is 2.59. The molecule has 0 saturated heterocycles. The minimum Gasteiger partial charge on any atom is -0.497 e. The lowest BCUT2D eigenvalue weighted by Crippen LogP contribution is -2.45. The largest absolute Gasteiger partial charge is 0.497 e. The van der Waals surface area contributed by atoms with Crippen LogP contribution >= 0.6 is 0 Å². The van der Waals surface area contributed by atoms with Crippen molar-refractivity contribution in [3.63, 3.8) is 0 Å². The molecule has 0 saturated carbocycles. The van der Waals surface area contributed by atoms with E-state index < -0.39 is 15.8 Å². The fourth-order valence-corrected chi connectivity index (χ4v) is 4.00. The fourth-order valence-electron chi connectivity index (χ4n) is 2.23. The zero-order valence-corrected chi connectivity index (χ0v) is 11.5. The van der Waals surface area contributed by atoms with E-state index in [0.29, 0.717) is 11.4 Å². The van der Waals surface area contributed by atoms with Gasteiger partial charge >= 0.3 is 5.97 Å². The van der Waals surface area contributed by atoms with Crippen LogP contribution in [0, 0.1) is 0 Å². The molecule has 0 amide bonds. The molecule has 1 N–H and O–H groups in total. The summed E-state index contributed by atoms with van der Waals surface area (Å²) in [5, 5.41) is 8.94. The molecule has 1 aromatic rings. The lowest BCUT2D eigenvalue weighted by molar-refractivity contribution is -0.135. The summed E-state index contributed by atoms with van der Waals surface area (Å²) in [6.45, 7) is 1.46. The molecule has 6 nitrogen and oxygen atoms in total. The Morgan fingerprint density at radius 3 is 2.79 bits per heavy atom. The number of aliphatic carboxylic acids is 1. The molecule has 1 heterocycles. The van der Waals surface area contributed by atoms with Crippen LogP contribution in [0.15, 0.2) is 23.1 Å². The van der Waals surface area contributed by atoms with E-state index in [9.17, 15) is 13.2 Å². The van der Waals surface area contributed by atoms with E-state index in [1.807, 2.05) is 0 Å². The fraction of sp³-hybridized carbons (Fsp3) is 0.417. The molecule has 1 unspecified atom stereocenters. The predicted octanol–water partition coefficient (Wildman–Crippen LogP) is 0.762. The van der Waals surface area contributed by atoms with Crippen molar-refractivity contribution in [2.45, 2.75) is 17.9 Å². The first kappa shape index (κ1) is 13.7. The van der Waals surface area contributed by atoms with Gasteiger partial charge in [-0.15, -0.1) is 0 Å². The summed E-state index contributed by atoms with van der Waals surface area (Å²) in [6, 6.07) is 4.20. The second-order valence-electron chi connectivity index (χ2n) is 4.49. The van der Waals surface area contributed by atoms with Crippen LogP contribution in [-0.2, 0) is 14.6 Å². The minimum absolute atomic E-state index is 0.0837. The van der Waals surface area contributed by atoms with E-state index in [-0.39, 0.29) is 23.2 Å². The topological polar surface area (TPSA) is 83.9 Å². The predicted molar refractivity (Wildman–Crippen MR) is 69.5 cm³/mol. The maximum Gasteiger partial charge on any atom is 0.323 e. The number of anilines is 1. The van der Waals surface area contributed by atoms with E-state index in [4.69, 9.17) is 9.84 Å². The second kappa shape index (κ2) is 4.73. The Labute approximate surface area is 111 Å². The van der Waals surface area contributed by atoms with Gasteiger partial charge in [-0.2, -0.15) is 0 Å². The summed E-state index contributed by atoms with van der Waals surface area (Å²) >= 11 is 0. The summed E-state index contributed by atoms with van der Waals surface area (Å²) in [6.07, 6.45) is 0. The number of nitrogens with zero attached hydrogens (tertiary/aromatic N) is 1. The van der Waals surface area contributed by atoms with Crippen LogP contribution in [0.1, 0.15) is 6.92 Å². The summed E-state index contributed by atoms with van der Waals surface area (Å²) in [5.41, 5.74) is 0.389. The Bertz CT molecular complexity index is 611. The van der Waals surface area contributed by atoms with Crippen molar-refractivity contribution in [1.29, 1.82) is 0 Å². The van der Waals surface area contributed by atoms with Crippen LogP contribution in [0.2, 0.25) is 0 Å². The van der Waals surface area contributed by atoms with Gasteiger partial charge in [0.15, 0.2) is 9.84 Å². The third-order valence-electron chi connectivity index (χ3n) is 3.11. The molecular weight excluding hydrogens is 270 g/mol. The Hall–Kier alpha value is -1.76. The smallest absolute Gasteiger partial charge is 0.323 e. The molecule has 7 heteroatoms. The molecular formula is C12H15NO5S. The van der Waals surface area contributed by atoms with Crippen LogP contribution < -0.4 is 9.64 Å². The highest BCUT2D eigenvalue weighted by Gasteiger charge is 2.34. The lowest BCUT2D eigenvalue weighted by Gasteiger charge is -2.35. The molecule has 0 fully saturated rings. The quantitative estimate of drug-likeness (QED) is 0.882. The normalized spacial score (nSPS) is 20.7. The van der Waals surface area contributed by atoms with Crippen LogP contribution in [0.25, 0.3) is 0 Å². The number of benzene rings is 1. The highest BCUT2D eigenvalue weighted by atomic mass is 32.2. The van der Waals surface area contributed by atoms with Gasteiger partial charge in [-0.05, 0) is 19.1 Å². The van der Waals surface area contributed by atoms with Gasteiger partial charge in [0, 0.05) is 12.1 Å². The Morgan fingerprint density at radius 1 is 1.53 bits per heavy atom. The van der Waals surface area contributed by atoms with E-state index >= 15 is 0 Å². The molecule has 0 aliphatic carbocycles. The van der Waals surface area contributed by atoms with Crippen LogP contribution in [-0.4, -0.2) is 44.9 Å².